The Morgan fingerprint density at radius 1 is 1.18 bits per heavy atom. The molecule has 1 heterocycles. The molecule has 1 aliphatic carbocycles. The van der Waals surface area contributed by atoms with Crippen LogP contribution in [0.1, 0.15) is 35.6 Å². The van der Waals surface area contributed by atoms with E-state index in [-0.39, 0.29) is 28.9 Å². The second kappa shape index (κ2) is 7.67. The number of hydrogen-bond acceptors (Lipinski definition) is 3. The van der Waals surface area contributed by atoms with E-state index in [4.69, 9.17) is 50.5 Å². The summed E-state index contributed by atoms with van der Waals surface area (Å²) < 4.78 is 25.4. The van der Waals surface area contributed by atoms with E-state index in [2.05, 4.69) is 11.1 Å². The van der Waals surface area contributed by atoms with Crippen LogP contribution in [-0.4, -0.2) is 5.16 Å². The molecule has 0 bridgehead atoms. The quantitative estimate of drug-likeness (QED) is 0.409. The number of benzene rings is 2. The molecule has 3 aromatic rings. The zero-order valence-electron chi connectivity index (χ0n) is 14.4. The molecule has 1 saturated carbocycles. The van der Waals surface area contributed by atoms with Crippen LogP contribution in [0.25, 0.3) is 11.3 Å². The molecule has 7 heteroatoms. The molecule has 1 fully saturated rings. The fourth-order valence-corrected chi connectivity index (χ4v) is 3.80. The molecular weight excluding hydrogens is 424 g/mol. The van der Waals surface area contributed by atoms with Crippen LogP contribution in [0.2, 0.25) is 15.1 Å². The largest absolute Gasteiger partial charge is 0.489 e. The molecule has 0 unspecified atom stereocenters. The third-order valence-corrected chi connectivity index (χ3v) is 5.44. The van der Waals surface area contributed by atoms with Crippen molar-refractivity contribution in [2.45, 2.75) is 25.4 Å². The predicted octanol–water partition coefficient (Wildman–Crippen LogP) is 6.88. The van der Waals surface area contributed by atoms with Gasteiger partial charge in [-0.1, -0.05) is 51.9 Å². The molecule has 28 heavy (non-hydrogen) atoms. The van der Waals surface area contributed by atoms with Gasteiger partial charge in [-0.05, 0) is 25.0 Å². The predicted molar refractivity (Wildman–Crippen MR) is 108 cm³/mol. The fraction of sp³-hybridized carbons (Fsp3) is 0.190. The third-order valence-electron chi connectivity index (χ3n) is 4.51. The lowest BCUT2D eigenvalue weighted by molar-refractivity contribution is 0.299. The van der Waals surface area contributed by atoms with Crippen LogP contribution in [-0.2, 0) is 6.61 Å². The third kappa shape index (κ3) is 3.58. The Hall–Kier alpha value is -2.19. The summed E-state index contributed by atoms with van der Waals surface area (Å²) in [5.74, 6) is 2.87. The van der Waals surface area contributed by atoms with E-state index in [1.54, 1.807) is 18.2 Å². The summed E-state index contributed by atoms with van der Waals surface area (Å²) in [6, 6.07) is 7.89. The molecule has 2 aromatic carbocycles. The minimum absolute atomic E-state index is 0.00111. The van der Waals surface area contributed by atoms with E-state index in [1.165, 1.54) is 12.1 Å². The summed E-state index contributed by atoms with van der Waals surface area (Å²) in [7, 11) is 0. The topological polar surface area (TPSA) is 35.3 Å². The van der Waals surface area contributed by atoms with E-state index in [0.29, 0.717) is 21.3 Å². The van der Waals surface area contributed by atoms with E-state index in [0.717, 1.165) is 24.2 Å². The van der Waals surface area contributed by atoms with Crippen molar-refractivity contribution in [2.75, 3.05) is 0 Å². The van der Waals surface area contributed by atoms with Gasteiger partial charge in [-0.15, -0.1) is 6.42 Å². The standard InChI is InChI=1S/C21H13Cl3FNO2/c1-2-13-17(24)8-12(9-18(13)25)27-10-14-20(26-28-21(14)11-6-7-11)19-15(22)4-3-5-16(19)23/h1,3-5,8-9,11H,6-7,10H2. The second-order valence-electron chi connectivity index (χ2n) is 6.44. The molecule has 3 nitrogen and oxygen atoms in total. The van der Waals surface area contributed by atoms with Gasteiger partial charge in [0.15, 0.2) is 0 Å². The van der Waals surface area contributed by atoms with E-state index in [9.17, 15) is 4.39 Å². The molecule has 0 radical (unpaired) electrons. The van der Waals surface area contributed by atoms with Crippen LogP contribution in [0.15, 0.2) is 34.9 Å². The summed E-state index contributed by atoms with van der Waals surface area (Å²) in [4.78, 5) is 0. The van der Waals surface area contributed by atoms with Crippen molar-refractivity contribution in [2.24, 2.45) is 0 Å². The number of rotatable bonds is 5. The van der Waals surface area contributed by atoms with Crippen molar-refractivity contribution in [3.8, 4) is 29.4 Å². The number of ether oxygens (including phenoxy) is 1. The van der Waals surface area contributed by atoms with Crippen molar-refractivity contribution in [3.63, 3.8) is 0 Å². The van der Waals surface area contributed by atoms with Crippen LogP contribution in [0.3, 0.4) is 0 Å². The van der Waals surface area contributed by atoms with Crippen LogP contribution in [0, 0.1) is 18.2 Å². The zero-order valence-corrected chi connectivity index (χ0v) is 16.7. The lowest BCUT2D eigenvalue weighted by Gasteiger charge is -2.10. The van der Waals surface area contributed by atoms with Crippen LogP contribution in [0.5, 0.6) is 5.75 Å². The Morgan fingerprint density at radius 2 is 1.89 bits per heavy atom. The molecule has 142 valence electrons. The summed E-state index contributed by atoms with van der Waals surface area (Å²) >= 11 is 18.7. The van der Waals surface area contributed by atoms with E-state index in [1.807, 2.05) is 0 Å². The average molecular weight is 437 g/mol. The molecule has 0 atom stereocenters. The van der Waals surface area contributed by atoms with Crippen LogP contribution >= 0.6 is 34.8 Å². The van der Waals surface area contributed by atoms with Crippen molar-refractivity contribution in [1.82, 2.24) is 5.16 Å². The molecule has 0 spiro atoms. The Morgan fingerprint density at radius 3 is 2.50 bits per heavy atom. The number of nitrogens with zero attached hydrogens (tertiary/aromatic N) is 1. The van der Waals surface area contributed by atoms with Crippen molar-refractivity contribution >= 4 is 34.8 Å². The van der Waals surface area contributed by atoms with Gasteiger partial charge in [0.2, 0.25) is 0 Å². The number of terminal acetylenes is 1. The van der Waals surface area contributed by atoms with Crippen LogP contribution < -0.4 is 4.74 Å². The van der Waals surface area contributed by atoms with Crippen molar-refractivity contribution in [3.05, 3.63) is 68.1 Å². The molecule has 4 rings (SSSR count). The summed E-state index contributed by atoms with van der Waals surface area (Å²) in [6.45, 7) is 0.0946. The van der Waals surface area contributed by atoms with Gasteiger partial charge in [0.25, 0.3) is 0 Å². The Balaban J connectivity index is 1.70. The Bertz CT molecular complexity index is 1060. The highest BCUT2D eigenvalue weighted by Crippen LogP contribution is 2.46. The minimum Gasteiger partial charge on any atom is -0.489 e. The van der Waals surface area contributed by atoms with E-state index < -0.39 is 5.82 Å². The fourth-order valence-electron chi connectivity index (χ4n) is 2.97. The second-order valence-corrected chi connectivity index (χ2v) is 7.66. The maximum atomic E-state index is 14.1. The maximum Gasteiger partial charge on any atom is 0.147 e. The number of hydrogen-bond donors (Lipinski definition) is 0. The first-order valence-corrected chi connectivity index (χ1v) is 9.64. The van der Waals surface area contributed by atoms with Crippen LogP contribution in [0.4, 0.5) is 4.39 Å². The molecule has 0 saturated heterocycles. The highest BCUT2D eigenvalue weighted by Gasteiger charge is 2.33. The lowest BCUT2D eigenvalue weighted by Crippen LogP contribution is -2.01. The first-order valence-electron chi connectivity index (χ1n) is 8.51. The molecular formula is C21H13Cl3FNO2. The van der Waals surface area contributed by atoms with Gasteiger partial charge in [0.1, 0.15) is 29.6 Å². The maximum absolute atomic E-state index is 14.1. The Labute approximate surface area is 176 Å². The number of aromatic nitrogens is 1. The van der Waals surface area contributed by atoms with Gasteiger partial charge >= 0.3 is 0 Å². The van der Waals surface area contributed by atoms with E-state index >= 15 is 0 Å². The minimum atomic E-state index is -0.618. The average Bonchev–Trinajstić information content (AvgIpc) is 3.41. The first kappa shape index (κ1) is 19.1. The first-order chi connectivity index (χ1) is 13.5. The van der Waals surface area contributed by atoms with Crippen molar-refractivity contribution in [1.29, 1.82) is 0 Å². The smallest absolute Gasteiger partial charge is 0.147 e. The Kier molecular flexibility index (Phi) is 5.25. The highest BCUT2D eigenvalue weighted by atomic mass is 35.5. The summed E-state index contributed by atoms with van der Waals surface area (Å²) in [5.41, 5.74) is 1.83. The number of halogens is 4. The lowest BCUT2D eigenvalue weighted by atomic mass is 10.0. The van der Waals surface area contributed by atoms with Gasteiger partial charge in [0, 0.05) is 23.6 Å². The molecule has 1 aromatic heterocycles. The van der Waals surface area contributed by atoms with Gasteiger partial charge in [0.05, 0.1) is 26.2 Å². The monoisotopic (exact) mass is 435 g/mol. The van der Waals surface area contributed by atoms with Gasteiger partial charge in [-0.3, -0.25) is 0 Å². The van der Waals surface area contributed by atoms with Crippen molar-refractivity contribution < 1.29 is 13.7 Å². The summed E-state index contributed by atoms with van der Waals surface area (Å²) in [6.07, 6.45) is 7.28. The molecule has 1 aliphatic rings. The molecule has 0 N–H and O–H groups in total. The highest BCUT2D eigenvalue weighted by molar-refractivity contribution is 6.39. The summed E-state index contributed by atoms with van der Waals surface area (Å²) in [5, 5.41) is 5.22. The molecule has 0 aliphatic heterocycles. The van der Waals surface area contributed by atoms with Gasteiger partial charge in [-0.2, -0.15) is 0 Å². The SMILES string of the molecule is C#Cc1c(F)cc(OCc2c(-c3c(Cl)cccc3Cl)noc2C2CC2)cc1Cl. The molecule has 0 amide bonds. The van der Waals surface area contributed by atoms with Gasteiger partial charge in [-0.25, -0.2) is 4.39 Å². The zero-order chi connectivity index (χ0) is 19.8. The normalized spacial score (nSPS) is 13.4. The van der Waals surface area contributed by atoms with Gasteiger partial charge < -0.3 is 9.26 Å².